The van der Waals surface area contributed by atoms with Gasteiger partial charge in [0.25, 0.3) is 0 Å². The number of benzene rings is 2. The fourth-order valence-electron chi connectivity index (χ4n) is 4.41. The number of carbonyl (C=O) groups excluding carboxylic acids is 2. The van der Waals surface area contributed by atoms with Crippen molar-refractivity contribution in [1.29, 1.82) is 0 Å². The van der Waals surface area contributed by atoms with Crippen molar-refractivity contribution in [2.75, 3.05) is 13.7 Å². The van der Waals surface area contributed by atoms with E-state index in [-0.39, 0.29) is 24.0 Å². The number of aryl methyl sites for hydroxylation is 1. The molecule has 2 aliphatic rings. The van der Waals surface area contributed by atoms with Gasteiger partial charge in [-0.15, -0.1) is 0 Å². The summed E-state index contributed by atoms with van der Waals surface area (Å²) in [6.45, 7) is 5.88. The van der Waals surface area contributed by atoms with Gasteiger partial charge < -0.3 is 10.1 Å². The second kappa shape index (κ2) is 7.99. The summed E-state index contributed by atoms with van der Waals surface area (Å²) in [5.41, 5.74) is 3.98. The quantitative estimate of drug-likeness (QED) is 0.765. The molecular formula is C24H28N2O3. The fourth-order valence-corrected chi connectivity index (χ4v) is 4.41. The number of ether oxygens (including phenoxy) is 1. The van der Waals surface area contributed by atoms with Crippen LogP contribution in [0.25, 0.3) is 0 Å². The molecule has 1 saturated heterocycles. The first-order valence-corrected chi connectivity index (χ1v) is 10.2. The standard InChI is InChI=1S/C24H28N2O3/c1-15-4-6-17(7-5-15)13-26-14-20-12-21(20)22(26)23(27)25-16(2)18-8-10-19(11-9-18)24(28)29-3/h4-11,16,20-22H,12-14H2,1-3H3,(H,25,27)/t16-,20?,21?,22?/m0/s1. The first kappa shape index (κ1) is 19.6. The molecule has 1 aliphatic heterocycles. The molecule has 3 unspecified atom stereocenters. The Morgan fingerprint density at radius 2 is 1.83 bits per heavy atom. The minimum Gasteiger partial charge on any atom is -0.465 e. The van der Waals surface area contributed by atoms with E-state index >= 15 is 0 Å². The lowest BCUT2D eigenvalue weighted by Crippen LogP contribution is -2.46. The van der Waals surface area contributed by atoms with Crippen molar-refractivity contribution in [3.8, 4) is 0 Å². The Labute approximate surface area is 172 Å². The van der Waals surface area contributed by atoms with Gasteiger partial charge in [-0.2, -0.15) is 0 Å². The van der Waals surface area contributed by atoms with Crippen LogP contribution >= 0.6 is 0 Å². The van der Waals surface area contributed by atoms with E-state index in [2.05, 4.69) is 41.4 Å². The largest absolute Gasteiger partial charge is 0.465 e. The number of amides is 1. The first-order chi connectivity index (χ1) is 14.0. The van der Waals surface area contributed by atoms with Gasteiger partial charge in [-0.1, -0.05) is 42.0 Å². The number of rotatable bonds is 6. The van der Waals surface area contributed by atoms with Gasteiger partial charge in [0.1, 0.15) is 0 Å². The average molecular weight is 392 g/mol. The van der Waals surface area contributed by atoms with E-state index in [9.17, 15) is 9.59 Å². The van der Waals surface area contributed by atoms with Gasteiger partial charge in [-0.25, -0.2) is 4.79 Å². The van der Waals surface area contributed by atoms with Crippen LogP contribution in [0.5, 0.6) is 0 Å². The number of hydrogen-bond donors (Lipinski definition) is 1. The summed E-state index contributed by atoms with van der Waals surface area (Å²) in [6, 6.07) is 15.6. The first-order valence-electron chi connectivity index (χ1n) is 10.2. The maximum Gasteiger partial charge on any atom is 0.337 e. The van der Waals surface area contributed by atoms with Gasteiger partial charge in [-0.05, 0) is 55.4 Å². The zero-order chi connectivity index (χ0) is 20.5. The van der Waals surface area contributed by atoms with Crippen molar-refractivity contribution in [1.82, 2.24) is 10.2 Å². The van der Waals surface area contributed by atoms with E-state index in [1.807, 2.05) is 19.1 Å². The molecule has 5 nitrogen and oxygen atoms in total. The van der Waals surface area contributed by atoms with Crippen LogP contribution in [0, 0.1) is 18.8 Å². The molecule has 4 rings (SSSR count). The minimum atomic E-state index is -0.356. The van der Waals surface area contributed by atoms with Gasteiger partial charge in [0.15, 0.2) is 0 Å². The SMILES string of the molecule is COC(=O)c1ccc([C@H](C)NC(=O)C2C3CC3CN2Cc2ccc(C)cc2)cc1. The highest BCUT2D eigenvalue weighted by Gasteiger charge is 2.55. The number of hydrogen-bond acceptors (Lipinski definition) is 4. The van der Waals surface area contributed by atoms with Gasteiger partial charge in [0.2, 0.25) is 5.91 Å². The summed E-state index contributed by atoms with van der Waals surface area (Å²) < 4.78 is 4.74. The summed E-state index contributed by atoms with van der Waals surface area (Å²) in [5.74, 6) is 0.887. The predicted octanol–water partition coefficient (Wildman–Crippen LogP) is 3.48. The van der Waals surface area contributed by atoms with Crippen LogP contribution in [-0.4, -0.2) is 36.5 Å². The third-order valence-corrected chi connectivity index (χ3v) is 6.21. The molecular weight excluding hydrogens is 364 g/mol. The van der Waals surface area contributed by atoms with Crippen LogP contribution < -0.4 is 5.32 Å². The molecule has 0 spiro atoms. The summed E-state index contributed by atoms with van der Waals surface area (Å²) in [5, 5.41) is 3.19. The monoisotopic (exact) mass is 392 g/mol. The zero-order valence-electron chi connectivity index (χ0n) is 17.2. The zero-order valence-corrected chi connectivity index (χ0v) is 17.2. The molecule has 0 radical (unpaired) electrons. The third-order valence-electron chi connectivity index (χ3n) is 6.21. The van der Waals surface area contributed by atoms with Crippen LogP contribution in [0.1, 0.15) is 46.4 Å². The lowest BCUT2D eigenvalue weighted by molar-refractivity contribution is -0.127. The van der Waals surface area contributed by atoms with Gasteiger partial charge in [0.05, 0.1) is 24.8 Å². The molecule has 2 aromatic rings. The highest BCUT2D eigenvalue weighted by molar-refractivity contribution is 5.89. The molecule has 1 amide bonds. The normalized spacial score (nSPS) is 23.9. The Morgan fingerprint density at radius 3 is 2.48 bits per heavy atom. The van der Waals surface area contributed by atoms with E-state index in [1.54, 1.807) is 12.1 Å². The van der Waals surface area contributed by atoms with Crippen LogP contribution in [0.3, 0.4) is 0 Å². The number of methoxy groups -OCH3 is 1. The van der Waals surface area contributed by atoms with Crippen LogP contribution in [0.4, 0.5) is 0 Å². The Kier molecular flexibility index (Phi) is 5.41. The fraction of sp³-hybridized carbons (Fsp3) is 0.417. The Hall–Kier alpha value is -2.66. The summed E-state index contributed by atoms with van der Waals surface area (Å²) >= 11 is 0. The highest BCUT2D eigenvalue weighted by atomic mass is 16.5. The molecule has 0 bridgehead atoms. The molecule has 29 heavy (non-hydrogen) atoms. The molecule has 1 saturated carbocycles. The van der Waals surface area contributed by atoms with Crippen LogP contribution in [-0.2, 0) is 16.1 Å². The summed E-state index contributed by atoms with van der Waals surface area (Å²) in [6.07, 6.45) is 1.16. The lowest BCUT2D eigenvalue weighted by atomic mass is 10.0. The Balaban J connectivity index is 1.41. The summed E-state index contributed by atoms with van der Waals surface area (Å²) in [7, 11) is 1.37. The molecule has 1 N–H and O–H groups in total. The van der Waals surface area contributed by atoms with Crippen molar-refractivity contribution in [2.45, 2.75) is 38.9 Å². The van der Waals surface area contributed by atoms with Crippen LogP contribution in [0.15, 0.2) is 48.5 Å². The van der Waals surface area contributed by atoms with E-state index in [0.29, 0.717) is 17.4 Å². The van der Waals surface area contributed by atoms with Gasteiger partial charge >= 0.3 is 5.97 Å². The smallest absolute Gasteiger partial charge is 0.337 e. The van der Waals surface area contributed by atoms with Gasteiger partial charge in [-0.3, -0.25) is 9.69 Å². The predicted molar refractivity (Wildman–Crippen MR) is 111 cm³/mol. The number of likely N-dealkylation sites (tertiary alicyclic amines) is 1. The number of fused-ring (bicyclic) bond motifs is 1. The maximum absolute atomic E-state index is 13.1. The van der Waals surface area contributed by atoms with Crippen molar-refractivity contribution < 1.29 is 14.3 Å². The highest BCUT2D eigenvalue weighted by Crippen LogP contribution is 2.50. The maximum atomic E-state index is 13.1. The van der Waals surface area contributed by atoms with Crippen molar-refractivity contribution in [2.24, 2.45) is 11.8 Å². The molecule has 5 heteroatoms. The van der Waals surface area contributed by atoms with Crippen molar-refractivity contribution >= 4 is 11.9 Å². The van der Waals surface area contributed by atoms with E-state index < -0.39 is 0 Å². The topological polar surface area (TPSA) is 58.6 Å². The van der Waals surface area contributed by atoms with Crippen molar-refractivity contribution in [3.05, 3.63) is 70.8 Å². The second-order valence-electron chi connectivity index (χ2n) is 8.36. The molecule has 152 valence electrons. The number of esters is 1. The van der Waals surface area contributed by atoms with E-state index in [4.69, 9.17) is 4.74 Å². The number of carbonyl (C=O) groups is 2. The average Bonchev–Trinajstić information content (AvgIpc) is 3.39. The molecule has 1 aliphatic carbocycles. The Morgan fingerprint density at radius 1 is 1.14 bits per heavy atom. The summed E-state index contributed by atoms with van der Waals surface area (Å²) in [4.78, 5) is 27.0. The van der Waals surface area contributed by atoms with Crippen LogP contribution in [0.2, 0.25) is 0 Å². The third kappa shape index (κ3) is 4.20. The van der Waals surface area contributed by atoms with Crippen molar-refractivity contribution in [3.63, 3.8) is 0 Å². The molecule has 0 aromatic heterocycles. The van der Waals surface area contributed by atoms with E-state index in [1.165, 1.54) is 18.2 Å². The number of piperidine rings is 1. The second-order valence-corrected chi connectivity index (χ2v) is 8.36. The van der Waals surface area contributed by atoms with E-state index in [0.717, 1.165) is 25.1 Å². The number of nitrogens with zero attached hydrogens (tertiary/aromatic N) is 1. The molecule has 1 heterocycles. The molecule has 2 fully saturated rings. The van der Waals surface area contributed by atoms with Gasteiger partial charge in [0, 0.05) is 13.1 Å². The minimum absolute atomic E-state index is 0.0573. The lowest BCUT2D eigenvalue weighted by Gasteiger charge is -2.28. The Bertz CT molecular complexity index is 891. The molecule has 2 aromatic carbocycles. The molecule has 4 atom stereocenters. The number of nitrogens with one attached hydrogen (secondary N) is 1.